The summed E-state index contributed by atoms with van der Waals surface area (Å²) in [4.78, 5) is 0. The molecule has 0 atom stereocenters. The van der Waals surface area contributed by atoms with Crippen molar-refractivity contribution in [1.29, 1.82) is 0 Å². The number of nitrogens with one attached hydrogen (secondary N) is 2. The fourth-order valence-corrected chi connectivity index (χ4v) is 4.22. The maximum absolute atomic E-state index is 13.4. The lowest BCUT2D eigenvalue weighted by Crippen LogP contribution is -2.42. The molecule has 2 N–H and O–H groups in total. The third kappa shape index (κ3) is 5.11. The van der Waals surface area contributed by atoms with Gasteiger partial charge in [-0.25, -0.2) is 22.2 Å². The molecule has 0 spiro atoms. The Balaban J connectivity index is 1.49. The largest absolute Gasteiger partial charge is 0.366 e. The van der Waals surface area contributed by atoms with Crippen molar-refractivity contribution < 1.29 is 12.8 Å². The summed E-state index contributed by atoms with van der Waals surface area (Å²) in [6.45, 7) is 5.62. The maximum Gasteiger partial charge on any atom is 0.216 e. The van der Waals surface area contributed by atoms with Crippen LogP contribution in [0.5, 0.6) is 0 Å². The minimum absolute atomic E-state index is 0.289. The van der Waals surface area contributed by atoms with Crippen LogP contribution in [-0.2, 0) is 10.0 Å². The predicted molar refractivity (Wildman–Crippen MR) is 110 cm³/mol. The number of hydrogen-bond acceptors (Lipinski definition) is 4. The molecule has 154 valence electrons. The van der Waals surface area contributed by atoms with E-state index in [4.69, 9.17) is 0 Å². The molecule has 0 amide bonds. The Morgan fingerprint density at radius 3 is 2.54 bits per heavy atom. The van der Waals surface area contributed by atoms with Crippen molar-refractivity contribution >= 4 is 15.8 Å². The molecule has 1 fully saturated rings. The molecule has 0 radical (unpaired) electrons. The highest BCUT2D eigenvalue weighted by molar-refractivity contribution is 7.90. The topological polar surface area (TPSA) is 76.0 Å². The number of rotatable bonds is 6. The second-order valence-electron chi connectivity index (χ2n) is 8.45. The fraction of sp³-hybridized carbons (Fsp3) is 0.550. The summed E-state index contributed by atoms with van der Waals surface area (Å²) in [6, 6.07) is 8.52. The number of anilines is 1. The first-order valence-corrected chi connectivity index (χ1v) is 11.2. The van der Waals surface area contributed by atoms with Gasteiger partial charge in [0.25, 0.3) is 0 Å². The van der Waals surface area contributed by atoms with E-state index in [1.54, 1.807) is 31.5 Å². The number of aromatic nitrogens is 2. The van der Waals surface area contributed by atoms with Gasteiger partial charge in [-0.3, -0.25) is 0 Å². The van der Waals surface area contributed by atoms with Gasteiger partial charge in [0.1, 0.15) is 11.6 Å². The van der Waals surface area contributed by atoms with Crippen LogP contribution >= 0.6 is 0 Å². The third-order valence-electron chi connectivity index (χ3n) is 5.23. The normalized spacial score (nSPS) is 20.9. The van der Waals surface area contributed by atoms with Crippen LogP contribution in [-0.4, -0.2) is 35.5 Å². The Bertz CT molecular complexity index is 897. The van der Waals surface area contributed by atoms with Crippen molar-refractivity contribution in [3.8, 4) is 5.69 Å². The molecule has 1 aliphatic rings. The average Bonchev–Trinajstić information content (AvgIpc) is 3.09. The van der Waals surface area contributed by atoms with Crippen molar-refractivity contribution in [2.45, 2.75) is 57.2 Å². The van der Waals surface area contributed by atoms with Gasteiger partial charge in [-0.2, -0.15) is 5.10 Å². The van der Waals surface area contributed by atoms with Gasteiger partial charge in [0.2, 0.25) is 10.0 Å². The smallest absolute Gasteiger partial charge is 0.216 e. The lowest BCUT2D eigenvalue weighted by molar-refractivity contribution is 0.336. The van der Waals surface area contributed by atoms with E-state index in [2.05, 4.69) is 15.1 Å². The van der Waals surface area contributed by atoms with E-state index in [1.807, 2.05) is 18.3 Å². The summed E-state index contributed by atoms with van der Waals surface area (Å²) in [6.07, 6.45) is 5.68. The molecule has 6 nitrogen and oxygen atoms in total. The second kappa shape index (κ2) is 8.21. The number of sulfonamides is 1. The summed E-state index contributed by atoms with van der Waals surface area (Å²) >= 11 is 0. The van der Waals surface area contributed by atoms with E-state index in [9.17, 15) is 12.8 Å². The Hall–Kier alpha value is -1.93. The van der Waals surface area contributed by atoms with Crippen LogP contribution in [0.3, 0.4) is 0 Å². The molecule has 1 aromatic carbocycles. The van der Waals surface area contributed by atoms with E-state index >= 15 is 0 Å². The molecule has 0 unspecified atom stereocenters. The first kappa shape index (κ1) is 20.8. The van der Waals surface area contributed by atoms with Crippen LogP contribution in [0, 0.1) is 11.7 Å². The average molecular weight is 409 g/mol. The highest BCUT2D eigenvalue weighted by Gasteiger charge is 2.30. The summed E-state index contributed by atoms with van der Waals surface area (Å²) in [5.74, 6) is 0.837. The van der Waals surface area contributed by atoms with Crippen molar-refractivity contribution in [1.82, 2.24) is 14.5 Å². The zero-order chi connectivity index (χ0) is 20.4. The number of hydrogen-bond donors (Lipinski definition) is 2. The van der Waals surface area contributed by atoms with Crippen LogP contribution in [0.4, 0.5) is 10.2 Å². The first-order chi connectivity index (χ1) is 13.1. The van der Waals surface area contributed by atoms with E-state index in [-0.39, 0.29) is 5.82 Å². The van der Waals surface area contributed by atoms with Crippen LogP contribution in [0.15, 0.2) is 36.5 Å². The molecule has 1 aliphatic carbocycles. The molecule has 3 rings (SSSR count). The highest BCUT2D eigenvalue weighted by Crippen LogP contribution is 2.27. The minimum atomic E-state index is -3.29. The second-order valence-corrected chi connectivity index (χ2v) is 11.0. The molecule has 1 aromatic heterocycles. The molecular formula is C20H29FN4O2S. The molecule has 2 aromatic rings. The van der Waals surface area contributed by atoms with Gasteiger partial charge in [0, 0.05) is 24.8 Å². The molecule has 0 aliphatic heterocycles. The molecule has 0 bridgehead atoms. The van der Waals surface area contributed by atoms with Crippen molar-refractivity contribution in [2.75, 3.05) is 11.9 Å². The van der Waals surface area contributed by atoms with Gasteiger partial charge >= 0.3 is 0 Å². The Morgan fingerprint density at radius 2 is 1.89 bits per heavy atom. The van der Waals surface area contributed by atoms with E-state index in [0.29, 0.717) is 24.2 Å². The van der Waals surface area contributed by atoms with Crippen LogP contribution in [0.2, 0.25) is 0 Å². The van der Waals surface area contributed by atoms with Crippen LogP contribution < -0.4 is 10.0 Å². The maximum atomic E-state index is 13.4. The van der Waals surface area contributed by atoms with E-state index in [1.165, 1.54) is 12.1 Å². The molecule has 8 heteroatoms. The SMILES string of the molecule is CC(C)(C)S(=O)(=O)NCC1CCC(Nc2ccn(-c3cccc(F)c3)n2)CC1. The fourth-order valence-electron chi connectivity index (χ4n) is 3.33. The zero-order valence-electron chi connectivity index (χ0n) is 16.7. The van der Waals surface area contributed by atoms with Gasteiger partial charge in [0.05, 0.1) is 10.4 Å². The zero-order valence-corrected chi connectivity index (χ0v) is 17.5. The van der Waals surface area contributed by atoms with Gasteiger partial charge in [-0.1, -0.05) is 6.07 Å². The summed E-state index contributed by atoms with van der Waals surface area (Å²) in [5.41, 5.74) is 0.683. The third-order valence-corrected chi connectivity index (χ3v) is 7.39. The number of benzene rings is 1. The quantitative estimate of drug-likeness (QED) is 0.764. The Morgan fingerprint density at radius 1 is 1.18 bits per heavy atom. The summed E-state index contributed by atoms with van der Waals surface area (Å²) in [5, 5.41) is 7.92. The van der Waals surface area contributed by atoms with Gasteiger partial charge in [-0.15, -0.1) is 0 Å². The lowest BCUT2D eigenvalue weighted by Gasteiger charge is -2.30. The first-order valence-electron chi connectivity index (χ1n) is 9.71. The van der Waals surface area contributed by atoms with Crippen molar-refractivity contribution in [2.24, 2.45) is 5.92 Å². The van der Waals surface area contributed by atoms with E-state index < -0.39 is 14.8 Å². The Kier molecular flexibility index (Phi) is 6.09. The minimum Gasteiger partial charge on any atom is -0.366 e. The predicted octanol–water partition coefficient (Wildman–Crippen LogP) is 3.70. The van der Waals surface area contributed by atoms with Crippen LogP contribution in [0.1, 0.15) is 46.5 Å². The number of halogens is 1. The lowest BCUT2D eigenvalue weighted by atomic mass is 9.86. The molecule has 0 saturated heterocycles. The van der Waals surface area contributed by atoms with E-state index in [0.717, 1.165) is 31.5 Å². The molecule has 28 heavy (non-hydrogen) atoms. The van der Waals surface area contributed by atoms with Gasteiger partial charge in [0.15, 0.2) is 0 Å². The van der Waals surface area contributed by atoms with Gasteiger partial charge in [-0.05, 0) is 70.6 Å². The van der Waals surface area contributed by atoms with Crippen LogP contribution in [0.25, 0.3) is 5.69 Å². The standard InChI is InChI=1S/C20H29FN4O2S/c1-20(2,3)28(26,27)22-14-15-7-9-17(10-8-15)23-19-11-12-25(24-19)18-6-4-5-16(21)13-18/h4-6,11-13,15,17,22H,7-10,14H2,1-3H3,(H,23,24). The monoisotopic (exact) mass is 408 g/mol. The Labute approximate surface area is 166 Å². The molecule has 1 saturated carbocycles. The van der Waals surface area contributed by atoms with Crippen molar-refractivity contribution in [3.63, 3.8) is 0 Å². The summed E-state index contributed by atoms with van der Waals surface area (Å²) in [7, 11) is -3.29. The summed E-state index contributed by atoms with van der Waals surface area (Å²) < 4.78 is 41.4. The number of nitrogens with zero attached hydrogens (tertiary/aromatic N) is 2. The van der Waals surface area contributed by atoms with Crippen molar-refractivity contribution in [3.05, 3.63) is 42.3 Å². The van der Waals surface area contributed by atoms with Gasteiger partial charge < -0.3 is 5.32 Å². The molecule has 1 heterocycles. The highest BCUT2D eigenvalue weighted by atomic mass is 32.2. The molecular weight excluding hydrogens is 379 g/mol.